The van der Waals surface area contributed by atoms with E-state index in [1.165, 1.54) is 10.4 Å². The molecule has 0 unspecified atom stereocenters. The Morgan fingerprint density at radius 2 is 2.00 bits per heavy atom. The van der Waals surface area contributed by atoms with Crippen molar-refractivity contribution in [2.45, 2.75) is 19.9 Å². The molecule has 0 saturated carbocycles. The van der Waals surface area contributed by atoms with E-state index in [1.807, 2.05) is 36.4 Å². The van der Waals surface area contributed by atoms with E-state index >= 15 is 0 Å². The van der Waals surface area contributed by atoms with E-state index in [9.17, 15) is 4.79 Å². The van der Waals surface area contributed by atoms with E-state index in [1.54, 1.807) is 35.8 Å². The summed E-state index contributed by atoms with van der Waals surface area (Å²) in [5, 5.41) is 4.93. The molecule has 1 amide bonds. The minimum atomic E-state index is -0.189. The maximum Gasteiger partial charge on any atom is 0.262 e. The highest BCUT2D eigenvalue weighted by atomic mass is 32.1. The second-order valence-corrected chi connectivity index (χ2v) is 9.97. The number of anilines is 1. The van der Waals surface area contributed by atoms with Gasteiger partial charge in [0.05, 0.1) is 17.3 Å². The topological polar surface area (TPSA) is 63.7 Å². The Bertz CT molecular complexity index is 1260. The largest absolute Gasteiger partial charge is 0.497 e. The van der Waals surface area contributed by atoms with Crippen molar-refractivity contribution in [3.63, 3.8) is 0 Å². The summed E-state index contributed by atoms with van der Waals surface area (Å²) in [6.07, 6.45) is 0.959. The molecule has 0 spiro atoms. The number of carbonyl (C=O) groups is 1. The van der Waals surface area contributed by atoms with Crippen molar-refractivity contribution in [1.29, 1.82) is 0 Å². The van der Waals surface area contributed by atoms with Gasteiger partial charge in [0.25, 0.3) is 5.91 Å². The van der Waals surface area contributed by atoms with E-state index in [-0.39, 0.29) is 12.5 Å². The van der Waals surface area contributed by atoms with Gasteiger partial charge in [0, 0.05) is 29.6 Å². The van der Waals surface area contributed by atoms with Gasteiger partial charge in [-0.15, -0.1) is 22.7 Å². The van der Waals surface area contributed by atoms with Crippen LogP contribution in [-0.4, -0.2) is 42.6 Å². The summed E-state index contributed by atoms with van der Waals surface area (Å²) in [4.78, 5) is 21.5. The highest BCUT2D eigenvalue weighted by Crippen LogP contribution is 2.45. The molecular weight excluding hydrogens is 454 g/mol. The molecule has 3 heterocycles. The molecule has 0 saturated heterocycles. The Labute approximate surface area is 200 Å². The Morgan fingerprint density at radius 1 is 1.15 bits per heavy atom. The number of methoxy groups -OCH3 is 1. The van der Waals surface area contributed by atoms with E-state index in [0.29, 0.717) is 11.5 Å². The van der Waals surface area contributed by atoms with Crippen molar-refractivity contribution in [2.75, 3.05) is 32.1 Å². The smallest absolute Gasteiger partial charge is 0.262 e. The van der Waals surface area contributed by atoms with Crippen molar-refractivity contribution in [3.05, 3.63) is 59.0 Å². The molecule has 8 heteroatoms. The van der Waals surface area contributed by atoms with E-state index in [2.05, 4.69) is 23.2 Å². The third-order valence-electron chi connectivity index (χ3n) is 5.75. The molecule has 2 aromatic carbocycles. The summed E-state index contributed by atoms with van der Waals surface area (Å²) in [6, 6.07) is 15.4. The summed E-state index contributed by atoms with van der Waals surface area (Å²) in [7, 11) is 1.60. The van der Waals surface area contributed by atoms with Crippen LogP contribution < -0.4 is 14.8 Å². The maximum absolute atomic E-state index is 12.8. The van der Waals surface area contributed by atoms with Crippen LogP contribution in [-0.2, 0) is 17.8 Å². The number of para-hydroxylation sites is 1. The number of aromatic nitrogens is 1. The lowest BCUT2D eigenvalue weighted by Crippen LogP contribution is -2.29. The van der Waals surface area contributed by atoms with Gasteiger partial charge in [0.15, 0.2) is 6.61 Å². The van der Waals surface area contributed by atoms with Gasteiger partial charge in [-0.3, -0.25) is 9.69 Å². The highest BCUT2D eigenvalue weighted by Gasteiger charge is 2.27. The van der Waals surface area contributed by atoms with Crippen molar-refractivity contribution < 1.29 is 14.3 Å². The number of nitrogens with zero attached hydrogens (tertiary/aromatic N) is 2. The molecule has 1 N–H and O–H groups in total. The third kappa shape index (κ3) is 4.59. The number of thiazole rings is 1. The van der Waals surface area contributed by atoms with Crippen LogP contribution in [0.4, 0.5) is 5.00 Å². The zero-order chi connectivity index (χ0) is 22.8. The number of fused-ring (bicyclic) bond motifs is 2. The maximum atomic E-state index is 12.8. The van der Waals surface area contributed by atoms with Gasteiger partial charge in [0.2, 0.25) is 0 Å². The van der Waals surface area contributed by atoms with Crippen molar-refractivity contribution in [3.8, 4) is 22.1 Å². The first kappa shape index (κ1) is 21.9. The fraction of sp³-hybridized carbons (Fsp3) is 0.280. The van der Waals surface area contributed by atoms with E-state index in [4.69, 9.17) is 14.5 Å². The second-order valence-electron chi connectivity index (χ2n) is 7.83. The minimum Gasteiger partial charge on any atom is -0.497 e. The predicted octanol–water partition coefficient (Wildman–Crippen LogP) is 5.43. The monoisotopic (exact) mass is 479 g/mol. The van der Waals surface area contributed by atoms with E-state index in [0.717, 1.165) is 51.8 Å². The minimum absolute atomic E-state index is 0.0733. The average molecular weight is 480 g/mol. The van der Waals surface area contributed by atoms with Crippen LogP contribution >= 0.6 is 22.7 Å². The normalized spacial score (nSPS) is 13.6. The molecule has 0 atom stereocenters. The number of nitrogens with one attached hydrogen (secondary N) is 1. The number of ether oxygens (including phenoxy) is 2. The molecule has 0 aliphatic carbocycles. The Balaban J connectivity index is 1.42. The first-order valence-corrected chi connectivity index (χ1v) is 12.6. The molecule has 1 aliphatic rings. The number of likely N-dealkylation sites (N-methyl/N-ethyl adjacent to an activating group) is 1. The number of thiophene rings is 1. The Kier molecular flexibility index (Phi) is 6.30. The SMILES string of the molecule is CCN1CCc2c(sc(NC(=O)COc3cccc(OC)c3)c2-c2nc3ccccc3s2)C1. The predicted molar refractivity (Wildman–Crippen MR) is 135 cm³/mol. The van der Waals surface area contributed by atoms with Crippen LogP contribution in [0, 0.1) is 0 Å². The number of hydrogen-bond acceptors (Lipinski definition) is 7. The van der Waals surface area contributed by atoms with Crippen LogP contribution in [0.3, 0.4) is 0 Å². The molecule has 2 aromatic heterocycles. The summed E-state index contributed by atoms with van der Waals surface area (Å²) < 4.78 is 12.1. The van der Waals surface area contributed by atoms with Gasteiger partial charge in [-0.05, 0) is 42.8 Å². The molecule has 170 valence electrons. The molecule has 4 aromatic rings. The quantitative estimate of drug-likeness (QED) is 0.383. The van der Waals surface area contributed by atoms with Crippen molar-refractivity contribution in [1.82, 2.24) is 9.88 Å². The van der Waals surface area contributed by atoms with Gasteiger partial charge in [-0.1, -0.05) is 25.1 Å². The molecule has 0 radical (unpaired) electrons. The lowest BCUT2D eigenvalue weighted by Gasteiger charge is -2.25. The molecule has 6 nitrogen and oxygen atoms in total. The molecule has 0 bridgehead atoms. The summed E-state index contributed by atoms with van der Waals surface area (Å²) in [5.41, 5.74) is 3.37. The van der Waals surface area contributed by atoms with Crippen molar-refractivity contribution >= 4 is 43.8 Å². The zero-order valence-electron chi connectivity index (χ0n) is 18.6. The first-order valence-electron chi connectivity index (χ1n) is 10.9. The van der Waals surface area contributed by atoms with Crippen LogP contribution in [0.2, 0.25) is 0 Å². The van der Waals surface area contributed by atoms with Crippen LogP contribution in [0.15, 0.2) is 48.5 Å². The van der Waals surface area contributed by atoms with Gasteiger partial charge >= 0.3 is 0 Å². The standard InChI is InChI=1S/C25H25N3O3S2/c1-3-28-12-11-18-21(14-28)33-25(23(18)24-26-19-9-4-5-10-20(19)32-24)27-22(29)15-31-17-8-6-7-16(13-17)30-2/h4-10,13H,3,11-12,14-15H2,1-2H3,(H,27,29). The molecular formula is C25H25N3O3S2. The van der Waals surface area contributed by atoms with Gasteiger partial charge in [-0.25, -0.2) is 4.98 Å². The number of rotatable bonds is 7. The average Bonchev–Trinajstić information content (AvgIpc) is 3.42. The number of carbonyl (C=O) groups excluding carboxylic acids is 1. The Hall–Kier alpha value is -2.94. The fourth-order valence-electron chi connectivity index (χ4n) is 4.02. The highest BCUT2D eigenvalue weighted by molar-refractivity contribution is 7.22. The third-order valence-corrected chi connectivity index (χ3v) is 7.94. The first-order chi connectivity index (χ1) is 16.1. The van der Waals surface area contributed by atoms with Crippen LogP contribution in [0.5, 0.6) is 11.5 Å². The second kappa shape index (κ2) is 9.51. The molecule has 0 fully saturated rings. The van der Waals surface area contributed by atoms with Gasteiger partial charge < -0.3 is 14.8 Å². The van der Waals surface area contributed by atoms with Crippen LogP contribution in [0.25, 0.3) is 20.8 Å². The van der Waals surface area contributed by atoms with Gasteiger partial charge in [-0.2, -0.15) is 0 Å². The van der Waals surface area contributed by atoms with Crippen LogP contribution in [0.1, 0.15) is 17.4 Å². The number of amides is 1. The fourth-order valence-corrected chi connectivity index (χ4v) is 6.44. The Morgan fingerprint density at radius 3 is 2.82 bits per heavy atom. The summed E-state index contributed by atoms with van der Waals surface area (Å²) in [5.74, 6) is 1.10. The van der Waals surface area contributed by atoms with Crippen molar-refractivity contribution in [2.24, 2.45) is 0 Å². The lowest BCUT2D eigenvalue weighted by atomic mass is 10.0. The molecule has 33 heavy (non-hydrogen) atoms. The number of benzene rings is 2. The van der Waals surface area contributed by atoms with E-state index < -0.39 is 0 Å². The summed E-state index contributed by atoms with van der Waals surface area (Å²) >= 11 is 3.33. The lowest BCUT2D eigenvalue weighted by molar-refractivity contribution is -0.118. The number of hydrogen-bond donors (Lipinski definition) is 1. The molecule has 1 aliphatic heterocycles. The molecule has 5 rings (SSSR count). The summed E-state index contributed by atoms with van der Waals surface area (Å²) in [6.45, 7) is 5.06. The zero-order valence-corrected chi connectivity index (χ0v) is 20.2. The van der Waals surface area contributed by atoms with Gasteiger partial charge in [0.1, 0.15) is 21.5 Å².